The smallest absolute Gasteiger partial charge is 0.226 e. The zero-order valence-corrected chi connectivity index (χ0v) is 17.3. The fraction of sp³-hybridized carbons (Fsp3) is 0.333. The van der Waals surface area contributed by atoms with Crippen LogP contribution in [0.4, 0.5) is 0 Å². The average molecular weight is 408 g/mol. The Labute approximate surface area is 171 Å². The number of carbonyl (C=O) groups is 1. The van der Waals surface area contributed by atoms with Crippen LogP contribution in [0.1, 0.15) is 44.4 Å². The number of thiophene rings is 1. The van der Waals surface area contributed by atoms with Gasteiger partial charge >= 0.3 is 0 Å². The molecular weight excluding hydrogens is 388 g/mol. The molecule has 4 heterocycles. The summed E-state index contributed by atoms with van der Waals surface area (Å²) < 4.78 is 13.0. The second kappa shape index (κ2) is 6.81. The number of ether oxygens (including phenoxy) is 1. The molecule has 0 amide bonds. The first-order valence-electron chi connectivity index (χ1n) is 9.57. The minimum Gasteiger partial charge on any atom is -0.469 e. The van der Waals surface area contributed by atoms with E-state index >= 15 is 0 Å². The summed E-state index contributed by atoms with van der Waals surface area (Å²) in [5.41, 5.74) is 3.63. The quantitative estimate of drug-likeness (QED) is 0.462. The summed E-state index contributed by atoms with van der Waals surface area (Å²) in [6, 6.07) is 3.71. The minimum absolute atomic E-state index is 0.0706. The molecule has 0 saturated carbocycles. The van der Waals surface area contributed by atoms with E-state index in [2.05, 4.69) is 15.1 Å². The molecule has 7 nitrogen and oxygen atoms in total. The van der Waals surface area contributed by atoms with Gasteiger partial charge in [-0.15, -0.1) is 11.3 Å². The maximum atomic E-state index is 12.9. The fourth-order valence-corrected chi connectivity index (χ4v) is 5.30. The lowest BCUT2D eigenvalue weighted by atomic mass is 10.1. The Hall–Kier alpha value is -3.00. The predicted octanol–water partition coefficient (Wildman–Crippen LogP) is 4.15. The number of Topliss-reactive ketones (excluding diaryl/α,β-unsaturated/α-hetero) is 1. The molecule has 0 aromatic carbocycles. The SMILES string of the molecule is Cc1cc(-n2c(C)cc(C(=O)COc3ncnc4sc5c(c34)CCC5)c2C)no1. The van der Waals surface area contributed by atoms with Crippen molar-refractivity contribution in [3.05, 3.63) is 51.6 Å². The van der Waals surface area contributed by atoms with E-state index in [9.17, 15) is 4.79 Å². The molecule has 0 atom stereocenters. The molecule has 4 aromatic rings. The van der Waals surface area contributed by atoms with Crippen molar-refractivity contribution in [2.75, 3.05) is 6.61 Å². The van der Waals surface area contributed by atoms with Gasteiger partial charge in [0, 0.05) is 27.9 Å². The Morgan fingerprint density at radius 3 is 2.90 bits per heavy atom. The Morgan fingerprint density at radius 1 is 1.24 bits per heavy atom. The van der Waals surface area contributed by atoms with Crippen LogP contribution in [0.3, 0.4) is 0 Å². The second-order valence-corrected chi connectivity index (χ2v) is 8.43. The van der Waals surface area contributed by atoms with Gasteiger partial charge in [0.1, 0.15) is 16.9 Å². The van der Waals surface area contributed by atoms with Gasteiger partial charge in [0.2, 0.25) is 11.7 Å². The molecule has 148 valence electrons. The Morgan fingerprint density at radius 2 is 2.10 bits per heavy atom. The molecule has 0 unspecified atom stereocenters. The highest BCUT2D eigenvalue weighted by molar-refractivity contribution is 7.18. The summed E-state index contributed by atoms with van der Waals surface area (Å²) >= 11 is 1.70. The number of nitrogens with zero attached hydrogens (tertiary/aromatic N) is 4. The first-order valence-corrected chi connectivity index (χ1v) is 10.4. The molecule has 0 N–H and O–H groups in total. The van der Waals surface area contributed by atoms with Gasteiger partial charge in [-0.3, -0.25) is 9.36 Å². The van der Waals surface area contributed by atoms with E-state index in [1.165, 1.54) is 16.8 Å². The van der Waals surface area contributed by atoms with Crippen LogP contribution in [-0.4, -0.2) is 32.1 Å². The van der Waals surface area contributed by atoms with Gasteiger partial charge in [-0.05, 0) is 51.7 Å². The molecule has 8 heteroatoms. The van der Waals surface area contributed by atoms with Crippen molar-refractivity contribution in [1.82, 2.24) is 19.7 Å². The zero-order valence-electron chi connectivity index (χ0n) is 16.5. The predicted molar refractivity (Wildman–Crippen MR) is 109 cm³/mol. The molecule has 1 aliphatic carbocycles. The maximum absolute atomic E-state index is 12.9. The van der Waals surface area contributed by atoms with E-state index in [-0.39, 0.29) is 12.4 Å². The third-order valence-corrected chi connectivity index (χ3v) is 6.58. The van der Waals surface area contributed by atoms with Crippen molar-refractivity contribution in [2.24, 2.45) is 0 Å². The lowest BCUT2D eigenvalue weighted by molar-refractivity contribution is 0.0918. The van der Waals surface area contributed by atoms with Crippen LogP contribution < -0.4 is 4.74 Å². The number of hydrogen-bond acceptors (Lipinski definition) is 7. The fourth-order valence-electron chi connectivity index (χ4n) is 4.08. The molecule has 1 aliphatic rings. The second-order valence-electron chi connectivity index (χ2n) is 7.34. The van der Waals surface area contributed by atoms with Crippen LogP contribution >= 0.6 is 11.3 Å². The van der Waals surface area contributed by atoms with Gasteiger partial charge < -0.3 is 9.26 Å². The van der Waals surface area contributed by atoms with Crippen LogP contribution in [0.2, 0.25) is 0 Å². The van der Waals surface area contributed by atoms with Crippen LogP contribution in [0.5, 0.6) is 5.88 Å². The summed E-state index contributed by atoms with van der Waals surface area (Å²) in [5.74, 6) is 1.80. The number of rotatable bonds is 5. The highest BCUT2D eigenvalue weighted by atomic mass is 32.1. The monoisotopic (exact) mass is 408 g/mol. The van der Waals surface area contributed by atoms with E-state index in [1.54, 1.807) is 11.3 Å². The van der Waals surface area contributed by atoms with Crippen molar-refractivity contribution in [3.63, 3.8) is 0 Å². The number of ketones is 1. The van der Waals surface area contributed by atoms with Gasteiger partial charge in [-0.25, -0.2) is 9.97 Å². The topological polar surface area (TPSA) is 83.0 Å². The number of aryl methyl sites for hydroxylation is 4. The van der Waals surface area contributed by atoms with Crippen molar-refractivity contribution < 1.29 is 14.1 Å². The Bertz CT molecular complexity index is 1250. The first kappa shape index (κ1) is 18.1. The molecule has 0 fully saturated rings. The molecule has 0 spiro atoms. The van der Waals surface area contributed by atoms with Crippen molar-refractivity contribution in [3.8, 4) is 11.7 Å². The zero-order chi connectivity index (χ0) is 20.1. The van der Waals surface area contributed by atoms with Crippen LogP contribution in [-0.2, 0) is 12.8 Å². The normalized spacial score (nSPS) is 13.2. The first-order chi connectivity index (χ1) is 14.0. The van der Waals surface area contributed by atoms with Crippen LogP contribution in [0.25, 0.3) is 16.0 Å². The summed E-state index contributed by atoms with van der Waals surface area (Å²) in [4.78, 5) is 23.9. The Kier molecular flexibility index (Phi) is 4.24. The standard InChI is InChI=1S/C21H20N4O3S/c1-11-7-15(13(3)25(11)18-8-12(2)28-24-18)16(26)9-27-20-19-14-5-4-6-17(14)29-21(19)23-10-22-20/h7-8,10H,4-6,9H2,1-3H3. The summed E-state index contributed by atoms with van der Waals surface area (Å²) in [6.45, 7) is 5.61. The third kappa shape index (κ3) is 2.95. The molecule has 0 aliphatic heterocycles. The van der Waals surface area contributed by atoms with Crippen LogP contribution in [0, 0.1) is 20.8 Å². The lowest BCUT2D eigenvalue weighted by Crippen LogP contribution is -2.13. The van der Waals surface area contributed by atoms with E-state index < -0.39 is 0 Å². The average Bonchev–Trinajstić information content (AvgIpc) is 3.44. The molecule has 4 aromatic heterocycles. The summed E-state index contributed by atoms with van der Waals surface area (Å²) in [7, 11) is 0. The van der Waals surface area contributed by atoms with Gasteiger partial charge in [-0.1, -0.05) is 5.16 Å². The number of aromatic nitrogens is 4. The summed E-state index contributed by atoms with van der Waals surface area (Å²) in [6.07, 6.45) is 4.76. The van der Waals surface area contributed by atoms with Gasteiger partial charge in [0.05, 0.1) is 5.39 Å². The number of hydrogen-bond donors (Lipinski definition) is 0. The molecular formula is C21H20N4O3S. The largest absolute Gasteiger partial charge is 0.469 e. The molecule has 5 rings (SSSR count). The number of carbonyl (C=O) groups excluding carboxylic acids is 1. The van der Waals surface area contributed by atoms with E-state index in [0.717, 1.165) is 46.6 Å². The molecule has 0 saturated heterocycles. The van der Waals surface area contributed by atoms with Crippen molar-refractivity contribution in [2.45, 2.75) is 40.0 Å². The van der Waals surface area contributed by atoms with Gasteiger partial charge in [0.15, 0.2) is 12.4 Å². The third-order valence-electron chi connectivity index (χ3n) is 5.38. The lowest BCUT2D eigenvalue weighted by Gasteiger charge is -2.07. The molecule has 0 radical (unpaired) electrons. The van der Waals surface area contributed by atoms with E-state index in [4.69, 9.17) is 9.26 Å². The molecule has 29 heavy (non-hydrogen) atoms. The highest BCUT2D eigenvalue weighted by Gasteiger charge is 2.23. The van der Waals surface area contributed by atoms with Gasteiger partial charge in [-0.2, -0.15) is 0 Å². The van der Waals surface area contributed by atoms with Gasteiger partial charge in [0.25, 0.3) is 0 Å². The Balaban J connectivity index is 1.42. The van der Waals surface area contributed by atoms with Crippen molar-refractivity contribution >= 4 is 27.3 Å². The minimum atomic E-state index is -0.0943. The summed E-state index contributed by atoms with van der Waals surface area (Å²) in [5, 5.41) is 5.04. The van der Waals surface area contributed by atoms with Crippen LogP contribution in [0.15, 0.2) is 23.0 Å². The molecule has 0 bridgehead atoms. The highest BCUT2D eigenvalue weighted by Crippen LogP contribution is 2.39. The van der Waals surface area contributed by atoms with E-state index in [0.29, 0.717) is 17.3 Å². The van der Waals surface area contributed by atoms with E-state index in [1.807, 2.05) is 37.5 Å². The number of fused-ring (bicyclic) bond motifs is 3. The van der Waals surface area contributed by atoms with Crippen molar-refractivity contribution in [1.29, 1.82) is 0 Å². The maximum Gasteiger partial charge on any atom is 0.226 e.